The third-order valence-electron chi connectivity index (χ3n) is 4.03. The molecule has 1 fully saturated rings. The highest BCUT2D eigenvalue weighted by atomic mass is 19.1. The lowest BCUT2D eigenvalue weighted by Gasteiger charge is -2.26. The van der Waals surface area contributed by atoms with Crippen LogP contribution in [0.1, 0.15) is 11.1 Å². The maximum absolute atomic E-state index is 12.9. The largest absolute Gasteiger partial charge is 0.379 e. The van der Waals surface area contributed by atoms with Gasteiger partial charge in [-0.25, -0.2) is 4.39 Å². The normalized spacial score (nSPS) is 15.2. The lowest BCUT2D eigenvalue weighted by molar-refractivity contribution is -0.115. The number of halogens is 1. The Balaban J connectivity index is 1.51. The third-order valence-corrected chi connectivity index (χ3v) is 4.03. The van der Waals surface area contributed by atoms with Gasteiger partial charge >= 0.3 is 0 Å². The second-order valence-corrected chi connectivity index (χ2v) is 5.94. The number of hydrogen-bond acceptors (Lipinski definition) is 3. The van der Waals surface area contributed by atoms with E-state index in [4.69, 9.17) is 4.74 Å². The number of rotatable bonds is 5. The molecule has 1 N–H and O–H groups in total. The van der Waals surface area contributed by atoms with Gasteiger partial charge < -0.3 is 10.1 Å². The van der Waals surface area contributed by atoms with Crippen molar-refractivity contribution in [3.8, 4) is 0 Å². The molecule has 1 saturated heterocycles. The quantitative estimate of drug-likeness (QED) is 0.918. The Labute approximate surface area is 141 Å². The molecule has 0 aliphatic carbocycles. The lowest BCUT2D eigenvalue weighted by Crippen LogP contribution is -2.35. The fourth-order valence-electron chi connectivity index (χ4n) is 2.70. The molecule has 1 amide bonds. The van der Waals surface area contributed by atoms with Crippen LogP contribution in [0.5, 0.6) is 0 Å². The highest BCUT2D eigenvalue weighted by molar-refractivity contribution is 5.92. The minimum Gasteiger partial charge on any atom is -0.379 e. The van der Waals surface area contributed by atoms with Crippen molar-refractivity contribution in [2.24, 2.45) is 0 Å². The smallest absolute Gasteiger partial charge is 0.228 e. The first-order valence-corrected chi connectivity index (χ1v) is 8.12. The number of amides is 1. The topological polar surface area (TPSA) is 41.6 Å². The van der Waals surface area contributed by atoms with E-state index in [-0.39, 0.29) is 18.1 Å². The summed E-state index contributed by atoms with van der Waals surface area (Å²) in [7, 11) is 0. The zero-order chi connectivity index (χ0) is 16.8. The van der Waals surface area contributed by atoms with E-state index in [2.05, 4.69) is 10.2 Å². The van der Waals surface area contributed by atoms with Gasteiger partial charge in [-0.1, -0.05) is 24.3 Å². The van der Waals surface area contributed by atoms with Crippen molar-refractivity contribution < 1.29 is 13.9 Å². The molecular weight excluding hydrogens is 307 g/mol. The summed E-state index contributed by atoms with van der Waals surface area (Å²) in [5.41, 5.74) is 2.78. The molecule has 1 aliphatic rings. The first kappa shape index (κ1) is 16.6. The molecule has 0 saturated carbocycles. The molecule has 5 heteroatoms. The average Bonchev–Trinajstić information content (AvgIpc) is 2.60. The first-order chi connectivity index (χ1) is 11.7. The van der Waals surface area contributed by atoms with Crippen LogP contribution in [-0.4, -0.2) is 37.1 Å². The molecule has 1 aliphatic heterocycles. The summed E-state index contributed by atoms with van der Waals surface area (Å²) < 4.78 is 18.2. The Hall–Kier alpha value is -2.24. The van der Waals surface area contributed by atoms with Crippen LogP contribution in [0.3, 0.4) is 0 Å². The summed E-state index contributed by atoms with van der Waals surface area (Å²) >= 11 is 0. The fourth-order valence-corrected chi connectivity index (χ4v) is 2.70. The molecule has 0 aromatic heterocycles. The summed E-state index contributed by atoms with van der Waals surface area (Å²) in [6.45, 7) is 4.38. The van der Waals surface area contributed by atoms with E-state index in [9.17, 15) is 9.18 Å². The molecule has 1 heterocycles. The highest BCUT2D eigenvalue weighted by Gasteiger charge is 2.10. The number of anilines is 1. The molecule has 4 nitrogen and oxygen atoms in total. The van der Waals surface area contributed by atoms with Crippen LogP contribution >= 0.6 is 0 Å². The number of nitrogens with one attached hydrogen (secondary N) is 1. The maximum atomic E-state index is 12.9. The van der Waals surface area contributed by atoms with Gasteiger partial charge in [0.15, 0.2) is 0 Å². The van der Waals surface area contributed by atoms with Crippen LogP contribution in [0.25, 0.3) is 0 Å². The minimum atomic E-state index is -0.296. The fraction of sp³-hybridized carbons (Fsp3) is 0.316. The Kier molecular flexibility index (Phi) is 5.56. The number of carbonyl (C=O) groups is 1. The predicted octanol–water partition coefficient (Wildman–Crippen LogP) is 2.84. The summed E-state index contributed by atoms with van der Waals surface area (Å²) in [5.74, 6) is -0.405. The zero-order valence-corrected chi connectivity index (χ0v) is 13.5. The number of nitrogens with zero attached hydrogens (tertiary/aromatic N) is 1. The van der Waals surface area contributed by atoms with Gasteiger partial charge in [-0.15, -0.1) is 0 Å². The van der Waals surface area contributed by atoms with Gasteiger partial charge in [-0.3, -0.25) is 9.69 Å². The average molecular weight is 328 g/mol. The van der Waals surface area contributed by atoms with E-state index in [1.165, 1.54) is 17.7 Å². The van der Waals surface area contributed by atoms with Crippen molar-refractivity contribution in [1.82, 2.24) is 4.90 Å². The Morgan fingerprint density at radius 1 is 1.00 bits per heavy atom. The molecule has 2 aromatic rings. The number of hydrogen-bond donors (Lipinski definition) is 1. The molecule has 2 aromatic carbocycles. The summed E-state index contributed by atoms with van der Waals surface area (Å²) in [6, 6.07) is 13.9. The monoisotopic (exact) mass is 328 g/mol. The van der Waals surface area contributed by atoms with Crippen molar-refractivity contribution >= 4 is 11.6 Å². The Bertz CT molecular complexity index is 665. The third kappa shape index (κ3) is 4.88. The standard InChI is InChI=1S/C19H21FN2O2/c20-17-5-1-15(2-6-17)13-19(23)21-18-7-3-16(4-8-18)14-22-9-11-24-12-10-22/h1-8H,9-14H2,(H,21,23). The zero-order valence-electron chi connectivity index (χ0n) is 13.5. The first-order valence-electron chi connectivity index (χ1n) is 8.12. The van der Waals surface area contributed by atoms with Crippen molar-refractivity contribution in [2.45, 2.75) is 13.0 Å². The van der Waals surface area contributed by atoms with Gasteiger partial charge in [0.05, 0.1) is 19.6 Å². The Morgan fingerprint density at radius 3 is 2.29 bits per heavy atom. The summed E-state index contributed by atoms with van der Waals surface area (Å²) in [6.07, 6.45) is 0.232. The summed E-state index contributed by atoms with van der Waals surface area (Å²) in [4.78, 5) is 14.4. The predicted molar refractivity (Wildman–Crippen MR) is 91.3 cm³/mol. The van der Waals surface area contributed by atoms with E-state index < -0.39 is 0 Å². The number of carbonyl (C=O) groups excluding carboxylic acids is 1. The molecule has 0 spiro atoms. The minimum absolute atomic E-state index is 0.109. The van der Waals surface area contributed by atoms with Crippen LogP contribution in [-0.2, 0) is 22.5 Å². The second kappa shape index (κ2) is 8.04. The van der Waals surface area contributed by atoms with Gasteiger partial charge in [-0.2, -0.15) is 0 Å². The van der Waals surface area contributed by atoms with E-state index in [0.717, 1.165) is 44.1 Å². The van der Waals surface area contributed by atoms with Gasteiger partial charge in [-0.05, 0) is 35.4 Å². The molecule has 126 valence electrons. The van der Waals surface area contributed by atoms with Crippen LogP contribution in [0.4, 0.5) is 10.1 Å². The Morgan fingerprint density at radius 2 is 1.62 bits per heavy atom. The van der Waals surface area contributed by atoms with Gasteiger partial charge in [0.25, 0.3) is 0 Å². The van der Waals surface area contributed by atoms with E-state index >= 15 is 0 Å². The van der Waals surface area contributed by atoms with Crippen LogP contribution in [0.2, 0.25) is 0 Å². The maximum Gasteiger partial charge on any atom is 0.228 e. The van der Waals surface area contributed by atoms with E-state index in [1.54, 1.807) is 12.1 Å². The van der Waals surface area contributed by atoms with Crippen molar-refractivity contribution in [3.05, 3.63) is 65.5 Å². The molecule has 3 rings (SSSR count). The van der Waals surface area contributed by atoms with Crippen molar-refractivity contribution in [1.29, 1.82) is 0 Å². The van der Waals surface area contributed by atoms with Gasteiger partial charge in [0, 0.05) is 25.3 Å². The van der Waals surface area contributed by atoms with E-state index in [0.29, 0.717) is 0 Å². The molecular formula is C19H21FN2O2. The van der Waals surface area contributed by atoms with Crippen LogP contribution in [0, 0.1) is 5.82 Å². The molecule has 0 atom stereocenters. The molecule has 0 radical (unpaired) electrons. The lowest BCUT2D eigenvalue weighted by atomic mass is 10.1. The van der Waals surface area contributed by atoms with Crippen LogP contribution < -0.4 is 5.32 Å². The van der Waals surface area contributed by atoms with Crippen molar-refractivity contribution in [3.63, 3.8) is 0 Å². The summed E-state index contributed by atoms with van der Waals surface area (Å²) in [5, 5.41) is 2.87. The number of morpholine rings is 1. The van der Waals surface area contributed by atoms with Crippen LogP contribution in [0.15, 0.2) is 48.5 Å². The SMILES string of the molecule is O=C(Cc1ccc(F)cc1)Nc1ccc(CN2CCOCC2)cc1. The molecule has 24 heavy (non-hydrogen) atoms. The second-order valence-electron chi connectivity index (χ2n) is 5.94. The highest BCUT2D eigenvalue weighted by Crippen LogP contribution is 2.13. The molecule has 0 bridgehead atoms. The van der Waals surface area contributed by atoms with E-state index in [1.807, 2.05) is 24.3 Å². The number of benzene rings is 2. The van der Waals surface area contributed by atoms with Crippen molar-refractivity contribution in [2.75, 3.05) is 31.6 Å². The van der Waals surface area contributed by atoms with Gasteiger partial charge in [0.1, 0.15) is 5.82 Å². The molecule has 0 unspecified atom stereocenters. The van der Waals surface area contributed by atoms with Gasteiger partial charge in [0.2, 0.25) is 5.91 Å². The number of ether oxygens (including phenoxy) is 1.